The van der Waals surface area contributed by atoms with Crippen LogP contribution in [0.25, 0.3) is 0 Å². The van der Waals surface area contributed by atoms with Gasteiger partial charge in [0.25, 0.3) is 5.91 Å². The molecule has 1 aliphatic rings. The van der Waals surface area contributed by atoms with Gasteiger partial charge >= 0.3 is 6.18 Å². The summed E-state index contributed by atoms with van der Waals surface area (Å²) < 4.78 is 51.0. The molecule has 1 saturated heterocycles. The van der Waals surface area contributed by atoms with E-state index in [0.29, 0.717) is 18.9 Å². The molecule has 174 valence electrons. The van der Waals surface area contributed by atoms with Crippen molar-refractivity contribution in [1.29, 1.82) is 0 Å². The van der Waals surface area contributed by atoms with Gasteiger partial charge in [0, 0.05) is 30.6 Å². The molecule has 2 amide bonds. The number of nitrogens with one attached hydrogen (secondary N) is 2. The molecule has 1 fully saturated rings. The molecule has 0 saturated carbocycles. The Kier molecular flexibility index (Phi) is 6.87. The van der Waals surface area contributed by atoms with Gasteiger partial charge in [0.2, 0.25) is 11.8 Å². The first-order valence-electron chi connectivity index (χ1n) is 10.2. The minimum Gasteiger partial charge on any atom is -0.368 e. The van der Waals surface area contributed by atoms with Crippen LogP contribution in [0.1, 0.15) is 57.3 Å². The van der Waals surface area contributed by atoms with Crippen molar-refractivity contribution in [3.05, 3.63) is 35.5 Å². The molecule has 11 heteroatoms. The Labute approximate surface area is 182 Å². The normalized spacial score (nSPS) is 16.8. The highest BCUT2D eigenvalue weighted by atomic mass is 19.4. The number of carbonyl (C=O) groups excluding carboxylic acids is 2. The largest absolute Gasteiger partial charge is 0.418 e. The van der Waals surface area contributed by atoms with E-state index >= 15 is 0 Å². The molecule has 2 aromatic rings. The highest BCUT2D eigenvalue weighted by Crippen LogP contribution is 2.37. The topological polar surface area (TPSA) is 106 Å². The fourth-order valence-electron chi connectivity index (χ4n) is 3.07. The number of rotatable bonds is 6. The number of halogens is 3. The summed E-state index contributed by atoms with van der Waals surface area (Å²) in [7, 11) is 0. The van der Waals surface area contributed by atoms with Crippen LogP contribution in [-0.2, 0) is 32.3 Å². The van der Waals surface area contributed by atoms with Crippen LogP contribution in [0.5, 0.6) is 0 Å². The third kappa shape index (κ3) is 6.06. The number of aryl methyl sites for hydroxylation is 1. The molecule has 0 spiro atoms. The monoisotopic (exact) mass is 454 g/mol. The lowest BCUT2D eigenvalue weighted by atomic mass is 9.96. The van der Waals surface area contributed by atoms with E-state index in [-0.39, 0.29) is 29.8 Å². The summed E-state index contributed by atoms with van der Waals surface area (Å²) in [6.45, 7) is 6.15. The minimum atomic E-state index is -4.73. The molecule has 32 heavy (non-hydrogen) atoms. The second-order valence-electron chi connectivity index (χ2n) is 8.56. The van der Waals surface area contributed by atoms with Crippen molar-refractivity contribution in [1.82, 2.24) is 10.1 Å². The Morgan fingerprint density at radius 2 is 1.94 bits per heavy atom. The van der Waals surface area contributed by atoms with Crippen molar-refractivity contribution in [2.24, 2.45) is 0 Å². The summed E-state index contributed by atoms with van der Waals surface area (Å²) in [6.07, 6.45) is -4.22. The number of alkyl halides is 3. The van der Waals surface area contributed by atoms with Gasteiger partial charge < -0.3 is 19.9 Å². The zero-order chi connectivity index (χ0) is 23.5. The molecule has 8 nitrogen and oxygen atoms in total. The number of ether oxygens (including phenoxy) is 1. The molecule has 3 rings (SSSR count). The molecular formula is C21H25F3N4O4. The van der Waals surface area contributed by atoms with Gasteiger partial charge in [-0.2, -0.15) is 18.2 Å². The van der Waals surface area contributed by atoms with Crippen LogP contribution in [-0.4, -0.2) is 34.7 Å². The van der Waals surface area contributed by atoms with Crippen molar-refractivity contribution in [3.8, 4) is 0 Å². The minimum absolute atomic E-state index is 0.0311. The van der Waals surface area contributed by atoms with Crippen LogP contribution >= 0.6 is 0 Å². The van der Waals surface area contributed by atoms with E-state index in [1.54, 1.807) is 0 Å². The van der Waals surface area contributed by atoms with Crippen LogP contribution in [0.15, 0.2) is 22.7 Å². The van der Waals surface area contributed by atoms with Crippen molar-refractivity contribution < 1.29 is 32.0 Å². The second-order valence-corrected chi connectivity index (χ2v) is 8.56. The predicted octanol–water partition coefficient (Wildman–Crippen LogP) is 4.07. The van der Waals surface area contributed by atoms with Crippen LogP contribution < -0.4 is 10.6 Å². The van der Waals surface area contributed by atoms with Gasteiger partial charge in [-0.3, -0.25) is 9.59 Å². The number of carbonyl (C=O) groups is 2. The standard InChI is InChI=1S/C21H25F3N4O4/c1-20(2,3)19-27-17(32-28-19)9-8-16(29)26-14-7-6-12(11-13(14)21(22,23)24)25-18(30)15-5-4-10-31-15/h6-7,11,15H,4-5,8-10H2,1-3H3,(H,25,30)(H,26,29). The number of benzene rings is 1. The van der Waals surface area contributed by atoms with Gasteiger partial charge in [0.1, 0.15) is 6.10 Å². The Morgan fingerprint density at radius 3 is 2.53 bits per heavy atom. The summed E-state index contributed by atoms with van der Waals surface area (Å²) in [5.41, 5.74) is -1.83. The van der Waals surface area contributed by atoms with Crippen LogP contribution in [0, 0.1) is 0 Å². The van der Waals surface area contributed by atoms with Gasteiger partial charge in [-0.05, 0) is 31.0 Å². The van der Waals surface area contributed by atoms with Crippen LogP contribution in [0.4, 0.5) is 24.5 Å². The average molecular weight is 454 g/mol. The first kappa shape index (κ1) is 23.7. The fourth-order valence-corrected chi connectivity index (χ4v) is 3.07. The number of anilines is 2. The van der Waals surface area contributed by atoms with Gasteiger partial charge in [0.05, 0.1) is 11.3 Å². The SMILES string of the molecule is CC(C)(C)c1noc(CCC(=O)Nc2ccc(NC(=O)C3CCCO3)cc2C(F)(F)F)n1. The van der Waals surface area contributed by atoms with Crippen LogP contribution in [0.3, 0.4) is 0 Å². The molecule has 1 aliphatic heterocycles. The molecule has 1 aromatic heterocycles. The molecule has 1 unspecified atom stereocenters. The number of amides is 2. The highest BCUT2D eigenvalue weighted by molar-refractivity contribution is 5.96. The predicted molar refractivity (Wildman–Crippen MR) is 109 cm³/mol. The maximum Gasteiger partial charge on any atom is 0.418 e. The van der Waals surface area contributed by atoms with E-state index in [4.69, 9.17) is 9.26 Å². The Hall–Kier alpha value is -2.95. The van der Waals surface area contributed by atoms with Gasteiger partial charge in [-0.15, -0.1) is 0 Å². The summed E-state index contributed by atoms with van der Waals surface area (Å²) in [4.78, 5) is 28.6. The van der Waals surface area contributed by atoms with Gasteiger partial charge in [-0.1, -0.05) is 25.9 Å². The Morgan fingerprint density at radius 1 is 1.19 bits per heavy atom. The maximum absolute atomic E-state index is 13.6. The number of hydrogen-bond acceptors (Lipinski definition) is 6. The van der Waals surface area contributed by atoms with E-state index in [0.717, 1.165) is 18.6 Å². The summed E-state index contributed by atoms with van der Waals surface area (Å²) in [5, 5.41) is 8.56. The molecule has 0 aliphatic carbocycles. The highest BCUT2D eigenvalue weighted by Gasteiger charge is 2.35. The summed E-state index contributed by atoms with van der Waals surface area (Å²) >= 11 is 0. The lowest BCUT2D eigenvalue weighted by Crippen LogP contribution is -2.27. The second kappa shape index (κ2) is 9.27. The molecule has 1 atom stereocenters. The zero-order valence-corrected chi connectivity index (χ0v) is 18.0. The van der Waals surface area contributed by atoms with Gasteiger partial charge in [0.15, 0.2) is 5.82 Å². The van der Waals surface area contributed by atoms with Crippen molar-refractivity contribution >= 4 is 23.2 Å². The van der Waals surface area contributed by atoms with Crippen molar-refractivity contribution in [3.63, 3.8) is 0 Å². The molecule has 2 N–H and O–H groups in total. The molecule has 2 heterocycles. The molecular weight excluding hydrogens is 429 g/mol. The third-order valence-electron chi connectivity index (χ3n) is 4.79. The first-order chi connectivity index (χ1) is 14.9. The summed E-state index contributed by atoms with van der Waals surface area (Å²) in [5.74, 6) is -0.426. The summed E-state index contributed by atoms with van der Waals surface area (Å²) in [6, 6.07) is 3.19. The lowest BCUT2D eigenvalue weighted by Gasteiger charge is -2.16. The number of aromatic nitrogens is 2. The third-order valence-corrected chi connectivity index (χ3v) is 4.79. The smallest absolute Gasteiger partial charge is 0.368 e. The quantitative estimate of drug-likeness (QED) is 0.682. The van der Waals surface area contributed by atoms with E-state index in [1.165, 1.54) is 6.07 Å². The van der Waals surface area contributed by atoms with E-state index < -0.39 is 35.3 Å². The fraction of sp³-hybridized carbons (Fsp3) is 0.524. The van der Waals surface area contributed by atoms with E-state index in [1.807, 2.05) is 20.8 Å². The molecule has 1 aromatic carbocycles. The Balaban J connectivity index is 1.66. The van der Waals surface area contributed by atoms with E-state index in [2.05, 4.69) is 20.8 Å². The molecule has 0 radical (unpaired) electrons. The maximum atomic E-state index is 13.6. The Bertz CT molecular complexity index is 976. The van der Waals surface area contributed by atoms with Gasteiger partial charge in [-0.25, -0.2) is 0 Å². The number of nitrogens with zero attached hydrogens (tertiary/aromatic N) is 2. The van der Waals surface area contributed by atoms with Crippen molar-refractivity contribution in [2.45, 2.75) is 64.1 Å². The first-order valence-corrected chi connectivity index (χ1v) is 10.2. The lowest BCUT2D eigenvalue weighted by molar-refractivity contribution is -0.137. The number of hydrogen-bond donors (Lipinski definition) is 2. The zero-order valence-electron chi connectivity index (χ0n) is 18.0. The average Bonchev–Trinajstić information content (AvgIpc) is 3.38. The van der Waals surface area contributed by atoms with Crippen LogP contribution in [0.2, 0.25) is 0 Å². The van der Waals surface area contributed by atoms with E-state index in [9.17, 15) is 22.8 Å². The molecule has 0 bridgehead atoms. The van der Waals surface area contributed by atoms with Crippen molar-refractivity contribution in [2.75, 3.05) is 17.2 Å².